The minimum absolute atomic E-state index is 0.0160. The number of benzene rings is 1. The van der Waals surface area contributed by atoms with Gasteiger partial charge in [-0.2, -0.15) is 5.26 Å². The quantitative estimate of drug-likeness (QED) is 0.529. The smallest absolute Gasteiger partial charge is 0.134 e. The topological polar surface area (TPSA) is 63.0 Å². The second-order valence-corrected chi connectivity index (χ2v) is 4.18. The van der Waals surface area contributed by atoms with Crippen LogP contribution in [0.1, 0.15) is 5.76 Å². The van der Waals surface area contributed by atoms with E-state index in [9.17, 15) is 4.39 Å². The SMILES string of the molecule is N#CC(=Cc1ccc(-c2ccc(F)cc2)o1)C(N)=S. The van der Waals surface area contributed by atoms with E-state index in [4.69, 9.17) is 27.6 Å². The van der Waals surface area contributed by atoms with Crippen LogP contribution in [0.5, 0.6) is 0 Å². The van der Waals surface area contributed by atoms with Crippen LogP contribution in [0.2, 0.25) is 0 Å². The van der Waals surface area contributed by atoms with Gasteiger partial charge in [-0.3, -0.25) is 0 Å². The summed E-state index contributed by atoms with van der Waals surface area (Å²) in [4.78, 5) is 0.0160. The maximum atomic E-state index is 12.8. The minimum Gasteiger partial charge on any atom is -0.457 e. The van der Waals surface area contributed by atoms with Crippen LogP contribution in [0, 0.1) is 17.1 Å². The van der Waals surface area contributed by atoms with Crippen LogP contribution in [-0.2, 0) is 0 Å². The summed E-state index contributed by atoms with van der Waals surface area (Å²) in [6.07, 6.45) is 1.47. The highest BCUT2D eigenvalue weighted by Gasteiger charge is 2.06. The van der Waals surface area contributed by atoms with Gasteiger partial charge in [-0.1, -0.05) is 12.2 Å². The zero-order valence-electron chi connectivity index (χ0n) is 9.76. The number of nitrogens with zero attached hydrogens (tertiary/aromatic N) is 1. The fourth-order valence-electron chi connectivity index (χ4n) is 1.50. The van der Waals surface area contributed by atoms with E-state index in [0.29, 0.717) is 11.5 Å². The van der Waals surface area contributed by atoms with Crippen molar-refractivity contribution in [2.75, 3.05) is 0 Å². The molecular formula is C14H9FN2OS. The summed E-state index contributed by atoms with van der Waals surface area (Å²) in [5, 5.41) is 8.84. The highest BCUT2D eigenvalue weighted by Crippen LogP contribution is 2.23. The Hall–Kier alpha value is -2.45. The first-order valence-electron chi connectivity index (χ1n) is 5.37. The van der Waals surface area contributed by atoms with Gasteiger partial charge >= 0.3 is 0 Å². The van der Waals surface area contributed by atoms with Gasteiger partial charge in [0.2, 0.25) is 0 Å². The highest BCUT2D eigenvalue weighted by molar-refractivity contribution is 7.80. The van der Waals surface area contributed by atoms with E-state index in [2.05, 4.69) is 0 Å². The lowest BCUT2D eigenvalue weighted by molar-refractivity contribution is 0.571. The summed E-state index contributed by atoms with van der Waals surface area (Å²) >= 11 is 4.73. The van der Waals surface area contributed by atoms with Crippen LogP contribution >= 0.6 is 12.2 Å². The molecule has 0 fully saturated rings. The third kappa shape index (κ3) is 3.06. The molecule has 0 bridgehead atoms. The van der Waals surface area contributed by atoms with E-state index in [1.165, 1.54) is 18.2 Å². The molecule has 2 N–H and O–H groups in total. The predicted octanol–water partition coefficient (Wildman–Crippen LogP) is 3.28. The Kier molecular flexibility index (Phi) is 3.74. The summed E-state index contributed by atoms with van der Waals surface area (Å²) in [7, 11) is 0. The molecule has 0 unspecified atom stereocenters. The Bertz CT molecular complexity index is 680. The van der Waals surface area contributed by atoms with Crippen molar-refractivity contribution in [3.8, 4) is 17.4 Å². The van der Waals surface area contributed by atoms with Crippen molar-refractivity contribution in [1.82, 2.24) is 0 Å². The van der Waals surface area contributed by atoms with E-state index < -0.39 is 0 Å². The van der Waals surface area contributed by atoms with E-state index in [0.717, 1.165) is 5.56 Å². The van der Waals surface area contributed by atoms with Crippen LogP contribution in [0.25, 0.3) is 17.4 Å². The Balaban J connectivity index is 2.32. The second-order valence-electron chi connectivity index (χ2n) is 3.74. The highest BCUT2D eigenvalue weighted by atomic mass is 32.1. The molecule has 1 aromatic carbocycles. The number of thiocarbonyl (C=S) groups is 1. The van der Waals surface area contributed by atoms with E-state index in [-0.39, 0.29) is 16.4 Å². The fraction of sp³-hybridized carbons (Fsp3) is 0. The largest absolute Gasteiger partial charge is 0.457 e. The summed E-state index contributed by atoms with van der Waals surface area (Å²) in [6, 6.07) is 11.2. The molecule has 1 aromatic heterocycles. The van der Waals surface area contributed by atoms with Gasteiger partial charge in [0.25, 0.3) is 0 Å². The average molecular weight is 272 g/mol. The molecule has 2 rings (SSSR count). The molecule has 0 amide bonds. The normalized spacial score (nSPS) is 11.1. The molecule has 94 valence electrons. The molecule has 3 nitrogen and oxygen atoms in total. The molecule has 0 aliphatic rings. The summed E-state index contributed by atoms with van der Waals surface area (Å²) in [5.41, 5.74) is 6.31. The first-order valence-corrected chi connectivity index (χ1v) is 5.78. The summed E-state index contributed by atoms with van der Waals surface area (Å²) < 4.78 is 18.3. The lowest BCUT2D eigenvalue weighted by atomic mass is 10.2. The van der Waals surface area contributed by atoms with Crippen LogP contribution in [0.4, 0.5) is 4.39 Å². The van der Waals surface area contributed by atoms with Crippen molar-refractivity contribution >= 4 is 23.3 Å². The van der Waals surface area contributed by atoms with Gasteiger partial charge in [-0.05, 0) is 36.4 Å². The number of halogens is 1. The van der Waals surface area contributed by atoms with Gasteiger partial charge in [0.15, 0.2) is 0 Å². The van der Waals surface area contributed by atoms with Crippen LogP contribution < -0.4 is 5.73 Å². The molecule has 0 saturated heterocycles. The van der Waals surface area contributed by atoms with Crippen molar-refractivity contribution in [3.63, 3.8) is 0 Å². The molecule has 0 aliphatic carbocycles. The zero-order chi connectivity index (χ0) is 13.8. The van der Waals surface area contributed by atoms with Crippen LogP contribution in [0.3, 0.4) is 0 Å². The van der Waals surface area contributed by atoms with Crippen LogP contribution in [-0.4, -0.2) is 4.99 Å². The zero-order valence-corrected chi connectivity index (χ0v) is 10.6. The number of hydrogen-bond donors (Lipinski definition) is 1. The molecule has 5 heteroatoms. The Labute approximate surface area is 114 Å². The predicted molar refractivity (Wildman–Crippen MR) is 74.5 cm³/mol. The van der Waals surface area contributed by atoms with Crippen molar-refractivity contribution in [2.45, 2.75) is 0 Å². The van der Waals surface area contributed by atoms with Gasteiger partial charge in [-0.15, -0.1) is 0 Å². The molecule has 0 aliphatic heterocycles. The molecule has 0 spiro atoms. The van der Waals surface area contributed by atoms with Crippen molar-refractivity contribution in [1.29, 1.82) is 5.26 Å². The number of rotatable bonds is 3. The van der Waals surface area contributed by atoms with Crippen molar-refractivity contribution in [2.24, 2.45) is 5.73 Å². The molecule has 19 heavy (non-hydrogen) atoms. The number of furan rings is 1. The van der Waals surface area contributed by atoms with Crippen molar-refractivity contribution < 1.29 is 8.81 Å². The Morgan fingerprint density at radius 1 is 1.26 bits per heavy atom. The molecule has 2 aromatic rings. The van der Waals surface area contributed by atoms with Gasteiger partial charge in [-0.25, -0.2) is 4.39 Å². The summed E-state index contributed by atoms with van der Waals surface area (Å²) in [6.45, 7) is 0. The fourth-order valence-corrected chi connectivity index (χ4v) is 1.61. The maximum Gasteiger partial charge on any atom is 0.134 e. The molecule has 1 heterocycles. The van der Waals surface area contributed by atoms with Gasteiger partial charge < -0.3 is 10.2 Å². The number of nitrogens with two attached hydrogens (primary N) is 1. The number of nitriles is 1. The average Bonchev–Trinajstić information content (AvgIpc) is 2.85. The first kappa shape index (κ1) is 13.0. The van der Waals surface area contributed by atoms with Crippen molar-refractivity contribution in [3.05, 3.63) is 53.5 Å². The third-order valence-corrected chi connectivity index (χ3v) is 2.65. The van der Waals surface area contributed by atoms with E-state index >= 15 is 0 Å². The van der Waals surface area contributed by atoms with Gasteiger partial charge in [0, 0.05) is 11.6 Å². The van der Waals surface area contributed by atoms with Gasteiger partial charge in [0.1, 0.15) is 28.4 Å². The Morgan fingerprint density at radius 2 is 1.95 bits per heavy atom. The lowest BCUT2D eigenvalue weighted by Gasteiger charge is -1.96. The molecule has 0 saturated carbocycles. The molecule has 0 atom stereocenters. The van der Waals surface area contributed by atoms with Gasteiger partial charge in [0.05, 0.1) is 5.57 Å². The Morgan fingerprint density at radius 3 is 2.53 bits per heavy atom. The maximum absolute atomic E-state index is 12.8. The molecular weight excluding hydrogens is 263 g/mol. The first-order chi connectivity index (χ1) is 9.10. The third-order valence-electron chi connectivity index (χ3n) is 2.43. The van der Waals surface area contributed by atoms with E-state index in [1.54, 1.807) is 24.3 Å². The van der Waals surface area contributed by atoms with Crippen LogP contribution in [0.15, 0.2) is 46.4 Å². The number of hydrogen-bond acceptors (Lipinski definition) is 3. The summed E-state index contributed by atoms with van der Waals surface area (Å²) in [5.74, 6) is 0.728. The standard InChI is InChI=1S/C14H9FN2OS/c15-11-3-1-9(2-4-11)13-6-5-12(18-13)7-10(8-16)14(17)19/h1-7H,(H2,17,19). The lowest BCUT2D eigenvalue weighted by Crippen LogP contribution is -2.09. The molecule has 0 radical (unpaired) electrons. The van der Waals surface area contributed by atoms with E-state index in [1.807, 2.05) is 6.07 Å². The monoisotopic (exact) mass is 272 g/mol. The second kappa shape index (κ2) is 5.46. The minimum atomic E-state index is -0.310.